The number of halogens is 2. The second-order valence-corrected chi connectivity index (χ2v) is 8.88. The summed E-state index contributed by atoms with van der Waals surface area (Å²) in [6.45, 7) is 1.74. The first-order valence-corrected chi connectivity index (χ1v) is 10.9. The number of hydrogen-bond donors (Lipinski definition) is 1. The molecular weight excluding hydrogens is 455 g/mol. The first-order chi connectivity index (χ1) is 14.1. The van der Waals surface area contributed by atoms with Crippen LogP contribution in [0.4, 0.5) is 5.69 Å². The van der Waals surface area contributed by atoms with Crippen LogP contribution in [0, 0.1) is 0 Å². The second kappa shape index (κ2) is 10.2. The Balaban J connectivity index is 2.18. The van der Waals surface area contributed by atoms with Crippen LogP contribution in [0.3, 0.4) is 0 Å². The number of nitrogens with zero attached hydrogens (tertiary/aromatic N) is 1. The van der Waals surface area contributed by atoms with Crippen molar-refractivity contribution in [2.24, 2.45) is 0 Å². The molecule has 164 valence electrons. The van der Waals surface area contributed by atoms with Crippen LogP contribution >= 0.6 is 23.2 Å². The number of ether oxygens (including phenoxy) is 3. The number of carbonyl (C=O) groups is 1. The van der Waals surface area contributed by atoms with Crippen LogP contribution in [0.25, 0.3) is 0 Å². The molecule has 11 heteroatoms. The molecule has 0 saturated heterocycles. The van der Waals surface area contributed by atoms with Gasteiger partial charge in [0, 0.05) is 19.2 Å². The third kappa shape index (κ3) is 5.48. The van der Waals surface area contributed by atoms with Gasteiger partial charge in [0.15, 0.2) is 0 Å². The van der Waals surface area contributed by atoms with Crippen molar-refractivity contribution in [3.63, 3.8) is 0 Å². The van der Waals surface area contributed by atoms with Crippen LogP contribution in [0.2, 0.25) is 10.0 Å². The minimum absolute atomic E-state index is 0.0583. The van der Waals surface area contributed by atoms with Gasteiger partial charge in [0.1, 0.15) is 17.2 Å². The lowest BCUT2D eigenvalue weighted by Gasteiger charge is -2.18. The Morgan fingerprint density at radius 2 is 1.67 bits per heavy atom. The molecule has 8 nitrogen and oxygen atoms in total. The Bertz CT molecular complexity index is 1030. The minimum atomic E-state index is -3.96. The number of amides is 1. The predicted molar refractivity (Wildman–Crippen MR) is 116 cm³/mol. The molecule has 0 aliphatic heterocycles. The van der Waals surface area contributed by atoms with Gasteiger partial charge in [0.05, 0.1) is 48.0 Å². The van der Waals surface area contributed by atoms with Gasteiger partial charge in [-0.05, 0) is 25.1 Å². The van der Waals surface area contributed by atoms with Gasteiger partial charge < -0.3 is 19.5 Å². The van der Waals surface area contributed by atoms with Crippen molar-refractivity contribution in [3.05, 3.63) is 40.4 Å². The Labute approximate surface area is 185 Å². The molecule has 0 bridgehead atoms. The predicted octanol–water partition coefficient (Wildman–Crippen LogP) is 3.67. The molecule has 0 unspecified atom stereocenters. The summed E-state index contributed by atoms with van der Waals surface area (Å²) >= 11 is 12.1. The van der Waals surface area contributed by atoms with Crippen molar-refractivity contribution in [3.8, 4) is 17.2 Å². The molecule has 2 aromatic carbocycles. The molecule has 2 rings (SSSR count). The second-order valence-electron chi connectivity index (χ2n) is 6.02. The minimum Gasteiger partial charge on any atom is -0.495 e. The summed E-state index contributed by atoms with van der Waals surface area (Å²) in [5, 5.41) is 3.07. The number of hydrogen-bond acceptors (Lipinski definition) is 6. The molecule has 1 amide bonds. The lowest BCUT2D eigenvalue weighted by molar-refractivity contribution is -0.116. The maximum absolute atomic E-state index is 12.8. The third-order valence-corrected chi connectivity index (χ3v) is 6.42. The van der Waals surface area contributed by atoms with E-state index in [9.17, 15) is 13.2 Å². The maximum atomic E-state index is 12.8. The van der Waals surface area contributed by atoms with E-state index in [4.69, 9.17) is 37.4 Å². The SMILES string of the molecule is CCOc1ccc(S(=O)(=O)N(C)CC(=O)Nc2cc(OC)c(Cl)cc2OC)cc1Cl. The highest BCUT2D eigenvalue weighted by atomic mass is 35.5. The van der Waals surface area contributed by atoms with Crippen molar-refractivity contribution < 1.29 is 27.4 Å². The number of carbonyl (C=O) groups excluding carboxylic acids is 1. The zero-order chi connectivity index (χ0) is 22.5. The van der Waals surface area contributed by atoms with Crippen LogP contribution in [0.5, 0.6) is 17.2 Å². The van der Waals surface area contributed by atoms with E-state index in [0.717, 1.165) is 4.31 Å². The summed E-state index contributed by atoms with van der Waals surface area (Å²) in [6.07, 6.45) is 0. The van der Waals surface area contributed by atoms with E-state index in [1.54, 1.807) is 6.92 Å². The van der Waals surface area contributed by atoms with E-state index in [1.807, 2.05) is 0 Å². The van der Waals surface area contributed by atoms with Crippen molar-refractivity contribution in [1.29, 1.82) is 0 Å². The Kier molecular flexibility index (Phi) is 8.19. The van der Waals surface area contributed by atoms with E-state index in [2.05, 4.69) is 5.32 Å². The number of anilines is 1. The molecule has 0 aliphatic carbocycles. The van der Waals surface area contributed by atoms with Crippen molar-refractivity contribution >= 4 is 44.8 Å². The summed E-state index contributed by atoms with van der Waals surface area (Å²) in [5.41, 5.74) is 0.290. The van der Waals surface area contributed by atoms with Crippen LogP contribution in [0.15, 0.2) is 35.2 Å². The van der Waals surface area contributed by atoms with E-state index in [-0.39, 0.29) is 9.92 Å². The van der Waals surface area contributed by atoms with Gasteiger partial charge in [0.2, 0.25) is 15.9 Å². The van der Waals surface area contributed by atoms with E-state index in [0.29, 0.717) is 34.6 Å². The Hall–Kier alpha value is -2.20. The maximum Gasteiger partial charge on any atom is 0.243 e. The van der Waals surface area contributed by atoms with E-state index < -0.39 is 22.5 Å². The number of rotatable bonds is 9. The van der Waals surface area contributed by atoms with Gasteiger partial charge in [-0.25, -0.2) is 8.42 Å². The smallest absolute Gasteiger partial charge is 0.243 e. The summed E-state index contributed by atoms with van der Waals surface area (Å²) < 4.78 is 42.1. The normalized spacial score (nSPS) is 11.3. The summed E-state index contributed by atoms with van der Waals surface area (Å²) in [5.74, 6) is 0.429. The lowest BCUT2D eigenvalue weighted by Crippen LogP contribution is -2.35. The molecule has 0 aromatic heterocycles. The number of sulfonamides is 1. The number of benzene rings is 2. The molecule has 30 heavy (non-hydrogen) atoms. The fraction of sp³-hybridized carbons (Fsp3) is 0.316. The first-order valence-electron chi connectivity index (χ1n) is 8.74. The van der Waals surface area contributed by atoms with Crippen molar-refractivity contribution in [2.45, 2.75) is 11.8 Å². The monoisotopic (exact) mass is 476 g/mol. The van der Waals surface area contributed by atoms with Gasteiger partial charge in [-0.3, -0.25) is 4.79 Å². The highest BCUT2D eigenvalue weighted by Gasteiger charge is 2.24. The molecule has 0 aliphatic rings. The molecule has 0 radical (unpaired) electrons. The lowest BCUT2D eigenvalue weighted by atomic mass is 10.2. The molecule has 0 fully saturated rings. The van der Waals surface area contributed by atoms with E-state index >= 15 is 0 Å². The van der Waals surface area contributed by atoms with Gasteiger partial charge in [0.25, 0.3) is 0 Å². The standard InChI is InChI=1S/C19H22Cl2N2O6S/c1-5-29-16-7-6-12(8-13(16)20)30(25,26)23(2)11-19(24)22-15-10-17(27-3)14(21)9-18(15)28-4/h6-10H,5,11H2,1-4H3,(H,22,24). The average Bonchev–Trinajstić information content (AvgIpc) is 2.70. The summed E-state index contributed by atoms with van der Waals surface area (Å²) in [4.78, 5) is 12.4. The number of likely N-dealkylation sites (N-methyl/N-ethyl adjacent to an activating group) is 1. The third-order valence-electron chi connectivity index (χ3n) is 4.03. The zero-order valence-electron chi connectivity index (χ0n) is 16.9. The molecule has 0 spiro atoms. The van der Waals surface area contributed by atoms with Crippen LogP contribution in [0.1, 0.15) is 6.92 Å². The number of nitrogens with one attached hydrogen (secondary N) is 1. The quantitative estimate of drug-likeness (QED) is 0.593. The number of methoxy groups -OCH3 is 2. The first kappa shape index (κ1) is 24.1. The molecular formula is C19H22Cl2N2O6S. The van der Waals surface area contributed by atoms with Crippen molar-refractivity contribution in [1.82, 2.24) is 4.31 Å². The molecule has 0 heterocycles. The van der Waals surface area contributed by atoms with E-state index in [1.165, 1.54) is 51.6 Å². The van der Waals surface area contributed by atoms with Crippen LogP contribution < -0.4 is 19.5 Å². The van der Waals surface area contributed by atoms with Gasteiger partial charge in [-0.2, -0.15) is 4.31 Å². The topological polar surface area (TPSA) is 94.2 Å². The Morgan fingerprint density at radius 1 is 1.03 bits per heavy atom. The fourth-order valence-electron chi connectivity index (χ4n) is 2.53. The molecule has 1 N–H and O–H groups in total. The van der Waals surface area contributed by atoms with Gasteiger partial charge >= 0.3 is 0 Å². The van der Waals surface area contributed by atoms with Crippen LogP contribution in [-0.2, 0) is 14.8 Å². The summed E-state index contributed by atoms with van der Waals surface area (Å²) in [7, 11) is 0.179. The fourth-order valence-corrected chi connectivity index (χ4v) is 4.21. The molecule has 0 atom stereocenters. The highest BCUT2D eigenvalue weighted by Crippen LogP contribution is 2.36. The van der Waals surface area contributed by atoms with Gasteiger partial charge in [-0.1, -0.05) is 23.2 Å². The van der Waals surface area contributed by atoms with Crippen molar-refractivity contribution in [2.75, 3.05) is 39.7 Å². The molecule has 0 saturated carbocycles. The largest absolute Gasteiger partial charge is 0.495 e. The Morgan fingerprint density at radius 3 is 2.23 bits per heavy atom. The summed E-state index contributed by atoms with van der Waals surface area (Å²) in [6, 6.07) is 7.09. The average molecular weight is 477 g/mol. The zero-order valence-corrected chi connectivity index (χ0v) is 19.2. The highest BCUT2D eigenvalue weighted by molar-refractivity contribution is 7.89. The van der Waals surface area contributed by atoms with Crippen LogP contribution in [-0.4, -0.2) is 53.0 Å². The van der Waals surface area contributed by atoms with Gasteiger partial charge in [-0.15, -0.1) is 0 Å². The molecule has 2 aromatic rings.